The van der Waals surface area contributed by atoms with Crippen molar-refractivity contribution in [3.8, 4) is 0 Å². The van der Waals surface area contributed by atoms with E-state index in [0.717, 1.165) is 53.6 Å². The number of nitrogens with one attached hydrogen (secondary N) is 1. The molecule has 0 bridgehead atoms. The number of H-pyrrole nitrogens is 1. The van der Waals surface area contributed by atoms with Crippen LogP contribution in [0, 0.1) is 0 Å². The minimum Gasteiger partial charge on any atom is -0.356 e. The Hall–Kier alpha value is -4.21. The summed E-state index contributed by atoms with van der Waals surface area (Å²) in [5.41, 5.74) is 4.50. The monoisotopic (exact) mass is 465 g/mol. The van der Waals surface area contributed by atoms with Crippen molar-refractivity contribution < 1.29 is 4.79 Å². The number of benzene rings is 1. The Kier molecular flexibility index (Phi) is 5.02. The van der Waals surface area contributed by atoms with E-state index in [1.54, 1.807) is 12.3 Å². The van der Waals surface area contributed by atoms with Crippen LogP contribution < -0.4 is 16.1 Å². The van der Waals surface area contributed by atoms with Gasteiger partial charge in [-0.1, -0.05) is 17.6 Å². The summed E-state index contributed by atoms with van der Waals surface area (Å²) in [5.74, 6) is 0.613. The SMILES string of the molecule is Bc1ccc2c(C(=O)c3cc(N4CCC(n5c(=O)[nH]c6ncccc65)CC4)ncn3)cn(C)c2c1. The average Bonchev–Trinajstić information content (AvgIpc) is 3.39. The minimum absolute atomic E-state index is 0.0822. The lowest BCUT2D eigenvalue weighted by molar-refractivity contribution is 0.103. The molecule has 0 aliphatic carbocycles. The van der Waals surface area contributed by atoms with E-state index in [9.17, 15) is 9.59 Å². The average molecular weight is 465 g/mol. The molecule has 0 unspecified atom stereocenters. The Morgan fingerprint density at radius 1 is 1.09 bits per heavy atom. The lowest BCUT2D eigenvalue weighted by Crippen LogP contribution is -2.37. The van der Waals surface area contributed by atoms with Gasteiger partial charge in [-0.05, 0) is 31.0 Å². The molecule has 0 saturated carbocycles. The highest BCUT2D eigenvalue weighted by Gasteiger charge is 2.25. The number of aromatic amines is 1. The van der Waals surface area contributed by atoms with Crippen LogP contribution in [0.2, 0.25) is 0 Å². The first-order valence-corrected chi connectivity index (χ1v) is 11.7. The fraction of sp³-hybridized carbons (Fsp3) is 0.240. The highest BCUT2D eigenvalue weighted by Crippen LogP contribution is 2.28. The van der Waals surface area contributed by atoms with Gasteiger partial charge in [0.05, 0.1) is 5.52 Å². The zero-order chi connectivity index (χ0) is 24.1. The van der Waals surface area contributed by atoms with Crippen molar-refractivity contribution in [1.29, 1.82) is 0 Å². The molecule has 1 N–H and O–H groups in total. The number of carbonyl (C=O) groups excluding carboxylic acids is 1. The predicted molar refractivity (Wildman–Crippen MR) is 137 cm³/mol. The molecule has 6 rings (SSSR count). The molecule has 0 spiro atoms. The molecule has 4 aromatic heterocycles. The second-order valence-electron chi connectivity index (χ2n) is 9.15. The van der Waals surface area contributed by atoms with Gasteiger partial charge < -0.3 is 9.47 Å². The molecule has 0 amide bonds. The topological polar surface area (TPSA) is 102 Å². The molecule has 1 aliphatic heterocycles. The predicted octanol–water partition coefficient (Wildman–Crippen LogP) is 1.34. The maximum Gasteiger partial charge on any atom is 0.327 e. The van der Waals surface area contributed by atoms with Gasteiger partial charge >= 0.3 is 5.69 Å². The summed E-state index contributed by atoms with van der Waals surface area (Å²) >= 11 is 0. The maximum absolute atomic E-state index is 13.4. The quantitative estimate of drug-likeness (QED) is 0.318. The number of hydrogen-bond acceptors (Lipinski definition) is 6. The number of anilines is 1. The minimum atomic E-state index is -0.127. The summed E-state index contributed by atoms with van der Waals surface area (Å²) in [6, 6.07) is 11.7. The van der Waals surface area contributed by atoms with Crippen molar-refractivity contribution in [3.05, 3.63) is 76.9 Å². The van der Waals surface area contributed by atoms with E-state index in [2.05, 4.69) is 30.9 Å². The van der Waals surface area contributed by atoms with Crippen LogP contribution in [0.25, 0.3) is 22.1 Å². The molecule has 174 valence electrons. The summed E-state index contributed by atoms with van der Waals surface area (Å²) in [5, 5.41) is 0.919. The van der Waals surface area contributed by atoms with Crippen LogP contribution in [0.5, 0.6) is 0 Å². The third kappa shape index (κ3) is 3.62. The number of carbonyl (C=O) groups is 1. The molecule has 10 heteroatoms. The van der Waals surface area contributed by atoms with Crippen LogP contribution in [0.1, 0.15) is 34.9 Å². The fourth-order valence-corrected chi connectivity index (χ4v) is 5.13. The molecule has 9 nitrogen and oxygen atoms in total. The second kappa shape index (κ2) is 8.23. The van der Waals surface area contributed by atoms with Gasteiger partial charge in [0, 0.05) is 61.1 Å². The molecule has 1 aromatic carbocycles. The lowest BCUT2D eigenvalue weighted by Gasteiger charge is -2.33. The second-order valence-corrected chi connectivity index (χ2v) is 9.15. The van der Waals surface area contributed by atoms with Crippen LogP contribution in [0.3, 0.4) is 0 Å². The van der Waals surface area contributed by atoms with Crippen molar-refractivity contribution in [1.82, 2.24) is 29.1 Å². The van der Waals surface area contributed by atoms with Crippen LogP contribution >= 0.6 is 0 Å². The Morgan fingerprint density at radius 3 is 2.74 bits per heavy atom. The molecule has 1 saturated heterocycles. The third-order valence-corrected chi connectivity index (χ3v) is 6.92. The van der Waals surface area contributed by atoms with E-state index in [4.69, 9.17) is 0 Å². The highest BCUT2D eigenvalue weighted by molar-refractivity contribution is 6.33. The van der Waals surface area contributed by atoms with E-state index in [1.165, 1.54) is 6.33 Å². The molecular weight excluding hydrogens is 441 g/mol. The third-order valence-electron chi connectivity index (χ3n) is 6.92. The zero-order valence-electron chi connectivity index (χ0n) is 19.6. The lowest BCUT2D eigenvalue weighted by atomic mass is 9.94. The van der Waals surface area contributed by atoms with Crippen molar-refractivity contribution in [3.63, 3.8) is 0 Å². The number of fused-ring (bicyclic) bond motifs is 2. The van der Waals surface area contributed by atoms with E-state index < -0.39 is 0 Å². The normalized spacial score (nSPS) is 14.7. The zero-order valence-corrected chi connectivity index (χ0v) is 19.6. The summed E-state index contributed by atoms with van der Waals surface area (Å²) in [4.78, 5) is 43.9. The summed E-state index contributed by atoms with van der Waals surface area (Å²) < 4.78 is 3.79. The van der Waals surface area contributed by atoms with E-state index >= 15 is 0 Å². The number of pyridine rings is 1. The Bertz CT molecular complexity index is 1640. The summed E-state index contributed by atoms with van der Waals surface area (Å²) in [6.07, 6.45) is 6.58. The number of imidazole rings is 1. The van der Waals surface area contributed by atoms with E-state index in [1.807, 2.05) is 54.5 Å². The first-order chi connectivity index (χ1) is 17.0. The van der Waals surface area contributed by atoms with Crippen molar-refractivity contribution in [2.75, 3.05) is 18.0 Å². The Labute approximate surface area is 201 Å². The number of hydrogen-bond donors (Lipinski definition) is 1. The van der Waals surface area contributed by atoms with Gasteiger partial charge in [0.25, 0.3) is 0 Å². The standard InChI is InChI=1S/C25H24BN7O2/c1-31-13-18(17-5-4-15(26)11-21(17)31)23(34)19-12-22(29-14-28-19)32-9-6-16(7-10-32)33-20-3-2-8-27-24(20)30-25(33)35/h2-5,8,11-14,16H,6-7,9-10,26H2,1H3,(H,27,30,35). The van der Waals surface area contributed by atoms with Crippen LogP contribution in [-0.2, 0) is 7.05 Å². The van der Waals surface area contributed by atoms with Gasteiger partial charge in [-0.25, -0.2) is 19.7 Å². The number of ketones is 1. The first-order valence-electron chi connectivity index (χ1n) is 11.7. The van der Waals surface area contributed by atoms with E-state index in [-0.39, 0.29) is 17.5 Å². The van der Waals surface area contributed by atoms with Crippen molar-refractivity contribution in [2.24, 2.45) is 7.05 Å². The number of nitrogens with zero attached hydrogens (tertiary/aromatic N) is 6. The summed E-state index contributed by atoms with van der Waals surface area (Å²) in [7, 11) is 3.99. The van der Waals surface area contributed by atoms with Gasteiger partial charge in [0.2, 0.25) is 5.78 Å². The van der Waals surface area contributed by atoms with Crippen LogP contribution in [-0.4, -0.2) is 55.8 Å². The Morgan fingerprint density at radius 2 is 1.91 bits per heavy atom. The van der Waals surface area contributed by atoms with Gasteiger partial charge in [0.15, 0.2) is 5.65 Å². The summed E-state index contributed by atoms with van der Waals surface area (Å²) in [6.45, 7) is 1.45. The molecule has 5 aromatic rings. The smallest absolute Gasteiger partial charge is 0.327 e. The maximum atomic E-state index is 13.4. The number of aryl methyl sites for hydroxylation is 1. The number of aromatic nitrogens is 6. The molecule has 0 radical (unpaired) electrons. The molecule has 0 atom stereocenters. The van der Waals surface area contributed by atoms with E-state index in [0.29, 0.717) is 16.9 Å². The van der Waals surface area contributed by atoms with Gasteiger partial charge in [0.1, 0.15) is 25.7 Å². The van der Waals surface area contributed by atoms with Gasteiger partial charge in [-0.3, -0.25) is 14.3 Å². The van der Waals surface area contributed by atoms with Gasteiger partial charge in [-0.2, -0.15) is 0 Å². The number of rotatable bonds is 4. The molecule has 1 fully saturated rings. The fourth-order valence-electron chi connectivity index (χ4n) is 5.13. The highest BCUT2D eigenvalue weighted by atomic mass is 16.1. The van der Waals surface area contributed by atoms with Gasteiger partial charge in [-0.15, -0.1) is 0 Å². The first kappa shape index (κ1) is 21.3. The molecule has 35 heavy (non-hydrogen) atoms. The van der Waals surface area contributed by atoms with Crippen LogP contribution in [0.4, 0.5) is 5.82 Å². The molecule has 5 heterocycles. The van der Waals surface area contributed by atoms with Crippen LogP contribution in [0.15, 0.2) is 59.9 Å². The van der Waals surface area contributed by atoms with Crippen molar-refractivity contribution in [2.45, 2.75) is 18.9 Å². The largest absolute Gasteiger partial charge is 0.356 e. The van der Waals surface area contributed by atoms with Crippen molar-refractivity contribution >= 4 is 47.0 Å². The molecular formula is C25H24BN7O2. The Balaban J connectivity index is 1.24. The number of piperidine rings is 1. The molecule has 1 aliphatic rings.